The van der Waals surface area contributed by atoms with E-state index in [0.29, 0.717) is 13.0 Å². The minimum absolute atomic E-state index is 0.0726. The average Bonchev–Trinajstić information content (AvgIpc) is 2.52. The molecular weight excluding hydrogens is 268 g/mol. The Kier molecular flexibility index (Phi) is 5.62. The predicted octanol–water partition coefficient (Wildman–Crippen LogP) is 3.05. The molecule has 0 unspecified atom stereocenters. The highest BCUT2D eigenvalue weighted by Crippen LogP contribution is 2.14. The number of nitrogens with zero attached hydrogens (tertiary/aromatic N) is 1. The summed E-state index contributed by atoms with van der Waals surface area (Å²) in [7, 11) is 0. The normalized spacial score (nSPS) is 10.2. The van der Waals surface area contributed by atoms with Crippen molar-refractivity contribution in [2.45, 2.75) is 24.3 Å². The van der Waals surface area contributed by atoms with Crippen molar-refractivity contribution in [3.05, 3.63) is 59.9 Å². The molecule has 0 atom stereocenters. The summed E-state index contributed by atoms with van der Waals surface area (Å²) in [6.45, 7) is 0.537. The molecule has 1 aromatic carbocycles. The van der Waals surface area contributed by atoms with Gasteiger partial charge in [-0.3, -0.25) is 9.78 Å². The fraction of sp³-hybridized carbons (Fsp3) is 0.250. The number of aromatic nitrogens is 1. The number of rotatable bonds is 6. The third kappa shape index (κ3) is 4.70. The lowest BCUT2D eigenvalue weighted by molar-refractivity contribution is -0.121. The second kappa shape index (κ2) is 7.70. The minimum Gasteiger partial charge on any atom is -0.352 e. The third-order valence-electron chi connectivity index (χ3n) is 2.98. The zero-order valence-corrected chi connectivity index (χ0v) is 12.3. The Bertz CT molecular complexity index is 557. The SMILES string of the molecule is CSc1cncc(CNC(=O)CCc2ccccc2)c1. The number of thioether (sulfide) groups is 1. The Hall–Kier alpha value is -1.81. The smallest absolute Gasteiger partial charge is 0.220 e. The van der Waals surface area contributed by atoms with Crippen LogP contribution >= 0.6 is 11.8 Å². The van der Waals surface area contributed by atoms with Crippen LogP contribution in [0.1, 0.15) is 17.5 Å². The predicted molar refractivity (Wildman–Crippen MR) is 82.6 cm³/mol. The number of benzene rings is 1. The van der Waals surface area contributed by atoms with E-state index in [1.165, 1.54) is 5.56 Å². The monoisotopic (exact) mass is 286 g/mol. The molecule has 0 fully saturated rings. The number of carbonyl (C=O) groups is 1. The van der Waals surface area contributed by atoms with Gasteiger partial charge < -0.3 is 5.32 Å². The number of nitrogens with one attached hydrogen (secondary N) is 1. The van der Waals surface area contributed by atoms with E-state index in [0.717, 1.165) is 16.9 Å². The molecule has 0 aliphatic rings. The largest absolute Gasteiger partial charge is 0.352 e. The third-order valence-corrected chi connectivity index (χ3v) is 3.67. The molecule has 3 nitrogen and oxygen atoms in total. The van der Waals surface area contributed by atoms with Crippen LogP contribution in [0.15, 0.2) is 53.7 Å². The molecule has 0 bridgehead atoms. The molecule has 4 heteroatoms. The van der Waals surface area contributed by atoms with Crippen LogP contribution in [0.5, 0.6) is 0 Å². The topological polar surface area (TPSA) is 42.0 Å². The van der Waals surface area contributed by atoms with Gasteiger partial charge in [0.05, 0.1) is 0 Å². The lowest BCUT2D eigenvalue weighted by atomic mass is 10.1. The van der Waals surface area contributed by atoms with Crippen LogP contribution < -0.4 is 5.32 Å². The van der Waals surface area contributed by atoms with Crippen LogP contribution in [0, 0.1) is 0 Å². The second-order valence-electron chi connectivity index (χ2n) is 4.50. The van der Waals surface area contributed by atoms with Crippen molar-refractivity contribution in [1.29, 1.82) is 0 Å². The molecule has 104 valence electrons. The van der Waals surface area contributed by atoms with Gasteiger partial charge in [0, 0.05) is 30.3 Å². The number of pyridine rings is 1. The molecule has 1 amide bonds. The summed E-state index contributed by atoms with van der Waals surface area (Å²) in [6.07, 6.45) is 6.91. The summed E-state index contributed by atoms with van der Waals surface area (Å²) < 4.78 is 0. The maximum atomic E-state index is 11.8. The van der Waals surface area contributed by atoms with Gasteiger partial charge in [0.15, 0.2) is 0 Å². The van der Waals surface area contributed by atoms with Crippen molar-refractivity contribution in [2.75, 3.05) is 6.26 Å². The first-order valence-corrected chi connectivity index (χ1v) is 7.79. The van der Waals surface area contributed by atoms with Gasteiger partial charge in [-0.25, -0.2) is 0 Å². The van der Waals surface area contributed by atoms with E-state index in [4.69, 9.17) is 0 Å². The molecule has 1 heterocycles. The molecule has 1 N–H and O–H groups in total. The maximum Gasteiger partial charge on any atom is 0.220 e. The fourth-order valence-electron chi connectivity index (χ4n) is 1.86. The van der Waals surface area contributed by atoms with Gasteiger partial charge in [-0.05, 0) is 29.9 Å². The van der Waals surface area contributed by atoms with Crippen molar-refractivity contribution in [3.8, 4) is 0 Å². The Morgan fingerprint density at radius 1 is 1.20 bits per heavy atom. The molecule has 20 heavy (non-hydrogen) atoms. The van der Waals surface area contributed by atoms with Gasteiger partial charge in [-0.15, -0.1) is 11.8 Å². The van der Waals surface area contributed by atoms with Crippen molar-refractivity contribution < 1.29 is 4.79 Å². The molecule has 0 aliphatic carbocycles. The quantitative estimate of drug-likeness (QED) is 0.830. The summed E-state index contributed by atoms with van der Waals surface area (Å²) in [5.74, 6) is 0.0726. The van der Waals surface area contributed by atoms with Crippen LogP contribution in [0.4, 0.5) is 0 Å². The van der Waals surface area contributed by atoms with E-state index in [2.05, 4.69) is 16.4 Å². The van der Waals surface area contributed by atoms with Crippen molar-refractivity contribution in [1.82, 2.24) is 10.3 Å². The van der Waals surface area contributed by atoms with Gasteiger partial charge in [-0.1, -0.05) is 30.3 Å². The fourth-order valence-corrected chi connectivity index (χ4v) is 2.30. The first kappa shape index (κ1) is 14.6. The first-order chi connectivity index (χ1) is 9.78. The van der Waals surface area contributed by atoms with Gasteiger partial charge in [0.25, 0.3) is 0 Å². The summed E-state index contributed by atoms with van der Waals surface area (Å²) in [5.41, 5.74) is 2.22. The molecule has 0 saturated heterocycles. The summed E-state index contributed by atoms with van der Waals surface area (Å²) >= 11 is 1.65. The van der Waals surface area contributed by atoms with Crippen molar-refractivity contribution >= 4 is 17.7 Å². The number of carbonyl (C=O) groups excluding carboxylic acids is 1. The standard InChI is InChI=1S/C16H18N2OS/c1-20-15-9-14(10-17-12-15)11-18-16(19)8-7-13-5-3-2-4-6-13/h2-6,9-10,12H,7-8,11H2,1H3,(H,18,19). The molecule has 2 rings (SSSR count). The number of amides is 1. The second-order valence-corrected chi connectivity index (χ2v) is 5.37. The summed E-state index contributed by atoms with van der Waals surface area (Å²) in [5, 5.41) is 2.93. The van der Waals surface area contributed by atoms with E-state index < -0.39 is 0 Å². The highest BCUT2D eigenvalue weighted by molar-refractivity contribution is 7.98. The molecule has 1 aromatic heterocycles. The van der Waals surface area contributed by atoms with E-state index in [1.807, 2.05) is 42.8 Å². The Labute approximate surface area is 123 Å². The maximum absolute atomic E-state index is 11.8. The molecule has 0 spiro atoms. The molecular formula is C16H18N2OS. The number of hydrogen-bond acceptors (Lipinski definition) is 3. The Morgan fingerprint density at radius 3 is 2.75 bits per heavy atom. The first-order valence-electron chi connectivity index (χ1n) is 6.56. The van der Waals surface area contributed by atoms with Gasteiger partial charge >= 0.3 is 0 Å². The van der Waals surface area contributed by atoms with Gasteiger partial charge in [0.1, 0.15) is 0 Å². The van der Waals surface area contributed by atoms with Crippen LogP contribution in [0.25, 0.3) is 0 Å². The van der Waals surface area contributed by atoms with E-state index in [-0.39, 0.29) is 5.91 Å². The van der Waals surface area contributed by atoms with E-state index >= 15 is 0 Å². The Morgan fingerprint density at radius 2 is 2.00 bits per heavy atom. The van der Waals surface area contributed by atoms with Crippen LogP contribution in [-0.2, 0) is 17.8 Å². The highest BCUT2D eigenvalue weighted by Gasteiger charge is 2.03. The number of hydrogen-bond donors (Lipinski definition) is 1. The summed E-state index contributed by atoms with van der Waals surface area (Å²) in [4.78, 5) is 17.1. The van der Waals surface area contributed by atoms with Crippen LogP contribution in [0.3, 0.4) is 0 Å². The van der Waals surface area contributed by atoms with E-state index in [9.17, 15) is 4.79 Å². The lowest BCUT2D eigenvalue weighted by Gasteiger charge is -2.06. The van der Waals surface area contributed by atoms with Gasteiger partial charge in [0.2, 0.25) is 5.91 Å². The van der Waals surface area contributed by atoms with E-state index in [1.54, 1.807) is 18.0 Å². The molecule has 0 radical (unpaired) electrons. The number of aryl methyl sites for hydroxylation is 1. The highest BCUT2D eigenvalue weighted by atomic mass is 32.2. The van der Waals surface area contributed by atoms with Crippen molar-refractivity contribution in [3.63, 3.8) is 0 Å². The molecule has 2 aromatic rings. The molecule has 0 saturated carbocycles. The summed E-state index contributed by atoms with van der Waals surface area (Å²) in [6, 6.07) is 12.1. The lowest BCUT2D eigenvalue weighted by Crippen LogP contribution is -2.23. The van der Waals surface area contributed by atoms with Crippen molar-refractivity contribution in [2.24, 2.45) is 0 Å². The van der Waals surface area contributed by atoms with Crippen LogP contribution in [-0.4, -0.2) is 17.1 Å². The van der Waals surface area contributed by atoms with Crippen LogP contribution in [0.2, 0.25) is 0 Å². The Balaban J connectivity index is 1.77. The average molecular weight is 286 g/mol. The minimum atomic E-state index is 0.0726. The molecule has 0 aliphatic heterocycles. The zero-order valence-electron chi connectivity index (χ0n) is 11.5. The van der Waals surface area contributed by atoms with Gasteiger partial charge in [-0.2, -0.15) is 0 Å². The zero-order chi connectivity index (χ0) is 14.2.